The largest absolute Gasteiger partial charge is 0.308 e. The molecule has 1 fully saturated rings. The van der Waals surface area contributed by atoms with Gasteiger partial charge >= 0.3 is 0 Å². The van der Waals surface area contributed by atoms with Crippen LogP contribution in [0.15, 0.2) is 0 Å². The van der Waals surface area contributed by atoms with Gasteiger partial charge in [-0.15, -0.1) is 0 Å². The predicted octanol–water partition coefficient (Wildman–Crippen LogP) is 1.24. The van der Waals surface area contributed by atoms with Crippen molar-refractivity contribution in [3.63, 3.8) is 0 Å². The number of likely N-dealkylation sites (tertiary alicyclic amines) is 1. The van der Waals surface area contributed by atoms with E-state index in [1.165, 1.54) is 45.4 Å². The molecule has 0 atom stereocenters. The maximum atomic E-state index is 2.57. The van der Waals surface area contributed by atoms with Crippen LogP contribution in [-0.4, -0.2) is 50.1 Å². The molecular weight excluding hydrogens is 148 g/mol. The molecule has 1 saturated heterocycles. The van der Waals surface area contributed by atoms with E-state index in [-0.39, 0.29) is 0 Å². The Balaban J connectivity index is 2.12. The minimum absolute atomic E-state index is 1.19. The molecule has 71 valence electrons. The lowest BCUT2D eigenvalue weighted by molar-refractivity contribution is 0.250. The second-order valence-electron chi connectivity index (χ2n) is 3.86. The Morgan fingerprint density at radius 1 is 1.25 bits per heavy atom. The third-order valence-corrected chi connectivity index (χ3v) is 2.40. The third kappa shape index (κ3) is 4.07. The Kier molecular flexibility index (Phi) is 4.62. The van der Waals surface area contributed by atoms with E-state index in [2.05, 4.69) is 30.3 Å². The summed E-state index contributed by atoms with van der Waals surface area (Å²) in [6.45, 7) is 5.00. The van der Waals surface area contributed by atoms with Crippen LogP contribution in [0.3, 0.4) is 0 Å². The van der Waals surface area contributed by atoms with Crippen LogP contribution in [0.5, 0.6) is 0 Å². The summed E-state index contributed by atoms with van der Waals surface area (Å²) in [5, 5.41) is 0. The Morgan fingerprint density at radius 3 is 2.83 bits per heavy atom. The van der Waals surface area contributed by atoms with Gasteiger partial charge in [-0.2, -0.15) is 0 Å². The van der Waals surface area contributed by atoms with E-state index in [0.717, 1.165) is 0 Å². The fourth-order valence-corrected chi connectivity index (χ4v) is 1.55. The molecule has 0 spiro atoms. The van der Waals surface area contributed by atoms with Crippen molar-refractivity contribution in [2.45, 2.75) is 19.3 Å². The Bertz CT molecular complexity index is 104. The molecule has 0 aromatic carbocycles. The standard InChI is InChI=1S/C10H21N2/c1-11(2)9-10-12-7-5-3-4-6-8-12/h3H,4-10H2,1-2H3. The molecule has 0 unspecified atom stereocenters. The zero-order valence-corrected chi connectivity index (χ0v) is 8.42. The maximum Gasteiger partial charge on any atom is 0.0109 e. The maximum absolute atomic E-state index is 2.57. The quantitative estimate of drug-likeness (QED) is 0.627. The zero-order valence-electron chi connectivity index (χ0n) is 8.42. The molecule has 0 aromatic heterocycles. The molecule has 1 rings (SSSR count). The molecule has 0 amide bonds. The van der Waals surface area contributed by atoms with Crippen LogP contribution in [0.2, 0.25) is 0 Å². The number of rotatable bonds is 3. The van der Waals surface area contributed by atoms with Gasteiger partial charge in [-0.05, 0) is 52.9 Å². The molecule has 0 aromatic rings. The van der Waals surface area contributed by atoms with Crippen molar-refractivity contribution >= 4 is 0 Å². The van der Waals surface area contributed by atoms with Gasteiger partial charge in [0.15, 0.2) is 0 Å². The summed E-state index contributed by atoms with van der Waals surface area (Å²) in [7, 11) is 4.29. The summed E-state index contributed by atoms with van der Waals surface area (Å²) in [6, 6.07) is 0. The van der Waals surface area contributed by atoms with E-state index in [1.54, 1.807) is 0 Å². The van der Waals surface area contributed by atoms with Crippen molar-refractivity contribution in [3.05, 3.63) is 6.42 Å². The minimum Gasteiger partial charge on any atom is -0.308 e. The minimum atomic E-state index is 1.19. The first-order valence-electron chi connectivity index (χ1n) is 4.98. The second-order valence-corrected chi connectivity index (χ2v) is 3.86. The molecule has 1 aliphatic rings. The van der Waals surface area contributed by atoms with Crippen LogP contribution >= 0.6 is 0 Å². The topological polar surface area (TPSA) is 6.48 Å². The highest BCUT2D eigenvalue weighted by molar-refractivity contribution is 4.74. The van der Waals surface area contributed by atoms with E-state index >= 15 is 0 Å². The predicted molar refractivity (Wildman–Crippen MR) is 53.1 cm³/mol. The molecule has 0 bridgehead atoms. The van der Waals surface area contributed by atoms with Crippen LogP contribution in [0.25, 0.3) is 0 Å². The zero-order chi connectivity index (χ0) is 8.81. The first-order chi connectivity index (χ1) is 5.79. The second kappa shape index (κ2) is 5.55. The molecular formula is C10H21N2. The first-order valence-corrected chi connectivity index (χ1v) is 4.98. The van der Waals surface area contributed by atoms with Crippen LogP contribution in [-0.2, 0) is 0 Å². The van der Waals surface area contributed by atoms with E-state index in [4.69, 9.17) is 0 Å². The number of nitrogens with zero attached hydrogens (tertiary/aromatic N) is 2. The molecule has 0 N–H and O–H groups in total. The van der Waals surface area contributed by atoms with E-state index in [1.807, 2.05) is 0 Å². The Morgan fingerprint density at radius 2 is 2.08 bits per heavy atom. The van der Waals surface area contributed by atoms with Gasteiger partial charge in [0.05, 0.1) is 0 Å². The summed E-state index contributed by atoms with van der Waals surface area (Å²) >= 11 is 0. The monoisotopic (exact) mass is 169 g/mol. The third-order valence-electron chi connectivity index (χ3n) is 2.40. The fourth-order valence-electron chi connectivity index (χ4n) is 1.55. The highest BCUT2D eigenvalue weighted by Gasteiger charge is 2.08. The molecule has 0 aliphatic carbocycles. The van der Waals surface area contributed by atoms with E-state index in [0.29, 0.717) is 0 Å². The van der Waals surface area contributed by atoms with Gasteiger partial charge in [-0.1, -0.05) is 0 Å². The summed E-state index contributed by atoms with van der Waals surface area (Å²) in [5.41, 5.74) is 0. The first kappa shape index (κ1) is 10.0. The van der Waals surface area contributed by atoms with E-state index < -0.39 is 0 Å². The average molecular weight is 169 g/mol. The van der Waals surface area contributed by atoms with Gasteiger partial charge in [-0.25, -0.2) is 0 Å². The van der Waals surface area contributed by atoms with Gasteiger partial charge in [0, 0.05) is 13.1 Å². The fraction of sp³-hybridized carbons (Fsp3) is 0.900. The summed E-state index contributed by atoms with van der Waals surface area (Å²) < 4.78 is 0. The normalized spacial score (nSPS) is 21.2. The van der Waals surface area contributed by atoms with Crippen molar-refractivity contribution in [1.29, 1.82) is 0 Å². The highest BCUT2D eigenvalue weighted by Crippen LogP contribution is 2.07. The van der Waals surface area contributed by atoms with E-state index in [9.17, 15) is 0 Å². The smallest absolute Gasteiger partial charge is 0.0109 e. The SMILES string of the molecule is CN(C)CCN1CC[CH]CCC1. The molecule has 12 heavy (non-hydrogen) atoms. The Labute approximate surface area is 76.5 Å². The van der Waals surface area contributed by atoms with Crippen molar-refractivity contribution in [3.8, 4) is 0 Å². The lowest BCUT2D eigenvalue weighted by atomic mass is 10.2. The molecule has 2 heteroatoms. The summed E-state index contributed by atoms with van der Waals surface area (Å²) in [6.07, 6.45) is 6.38. The lowest BCUT2D eigenvalue weighted by Crippen LogP contribution is -2.32. The van der Waals surface area contributed by atoms with Crippen LogP contribution < -0.4 is 0 Å². The molecule has 1 heterocycles. The highest BCUT2D eigenvalue weighted by atomic mass is 15.2. The summed E-state index contributed by atoms with van der Waals surface area (Å²) in [4.78, 5) is 4.83. The van der Waals surface area contributed by atoms with Gasteiger partial charge < -0.3 is 9.80 Å². The summed E-state index contributed by atoms with van der Waals surface area (Å²) in [5.74, 6) is 0. The average Bonchev–Trinajstić information content (AvgIpc) is 2.28. The van der Waals surface area contributed by atoms with Gasteiger partial charge in [0.25, 0.3) is 0 Å². The van der Waals surface area contributed by atoms with Gasteiger partial charge in [0.2, 0.25) is 0 Å². The van der Waals surface area contributed by atoms with Gasteiger partial charge in [-0.3, -0.25) is 0 Å². The van der Waals surface area contributed by atoms with Crippen LogP contribution in [0.4, 0.5) is 0 Å². The Hall–Kier alpha value is -0.0800. The van der Waals surface area contributed by atoms with Crippen molar-refractivity contribution < 1.29 is 0 Å². The molecule has 2 nitrogen and oxygen atoms in total. The van der Waals surface area contributed by atoms with Gasteiger partial charge in [0.1, 0.15) is 0 Å². The van der Waals surface area contributed by atoms with Crippen molar-refractivity contribution in [1.82, 2.24) is 9.80 Å². The number of likely N-dealkylation sites (N-methyl/N-ethyl adjacent to an activating group) is 1. The molecule has 0 saturated carbocycles. The number of hydrogen-bond acceptors (Lipinski definition) is 2. The van der Waals surface area contributed by atoms with Crippen molar-refractivity contribution in [2.75, 3.05) is 40.3 Å². The van der Waals surface area contributed by atoms with Crippen LogP contribution in [0, 0.1) is 6.42 Å². The molecule has 1 radical (unpaired) electrons. The van der Waals surface area contributed by atoms with Crippen molar-refractivity contribution in [2.24, 2.45) is 0 Å². The van der Waals surface area contributed by atoms with Crippen LogP contribution in [0.1, 0.15) is 19.3 Å². The number of hydrogen-bond donors (Lipinski definition) is 0. The lowest BCUT2D eigenvalue weighted by Gasteiger charge is -2.21. The molecule has 1 aliphatic heterocycles.